The zero-order valence-corrected chi connectivity index (χ0v) is 11.0. The van der Waals surface area contributed by atoms with E-state index in [0.29, 0.717) is 18.2 Å². The second-order valence-electron chi connectivity index (χ2n) is 4.36. The second-order valence-corrected chi connectivity index (χ2v) is 4.36. The van der Waals surface area contributed by atoms with E-state index in [-0.39, 0.29) is 11.3 Å². The molecule has 6 heteroatoms. The summed E-state index contributed by atoms with van der Waals surface area (Å²) in [7, 11) is 0. The van der Waals surface area contributed by atoms with Crippen LogP contribution in [-0.4, -0.2) is 22.5 Å². The van der Waals surface area contributed by atoms with Gasteiger partial charge < -0.3 is 10.4 Å². The minimum atomic E-state index is -1.10. The van der Waals surface area contributed by atoms with Crippen molar-refractivity contribution in [3.63, 3.8) is 0 Å². The number of rotatable bonds is 7. The molecule has 0 saturated carbocycles. The van der Waals surface area contributed by atoms with Crippen molar-refractivity contribution in [1.82, 2.24) is 0 Å². The summed E-state index contributed by atoms with van der Waals surface area (Å²) < 4.78 is 0. The summed E-state index contributed by atoms with van der Waals surface area (Å²) in [6.45, 7) is 4.72. The molecular formula is C13H18N2O4. The first-order valence-corrected chi connectivity index (χ1v) is 6.25. The van der Waals surface area contributed by atoms with Crippen molar-refractivity contribution >= 4 is 17.3 Å². The average Bonchev–Trinajstić information content (AvgIpc) is 2.39. The van der Waals surface area contributed by atoms with Crippen LogP contribution in [0.15, 0.2) is 18.2 Å². The van der Waals surface area contributed by atoms with Crippen molar-refractivity contribution in [1.29, 1.82) is 0 Å². The van der Waals surface area contributed by atoms with Gasteiger partial charge in [0.05, 0.1) is 16.2 Å². The largest absolute Gasteiger partial charge is 0.478 e. The molecule has 0 amide bonds. The van der Waals surface area contributed by atoms with Crippen molar-refractivity contribution in [2.24, 2.45) is 5.92 Å². The minimum Gasteiger partial charge on any atom is -0.478 e. The fourth-order valence-corrected chi connectivity index (χ4v) is 1.81. The number of anilines is 1. The zero-order chi connectivity index (χ0) is 14.4. The predicted molar refractivity (Wildman–Crippen MR) is 72.6 cm³/mol. The molecule has 1 rings (SSSR count). The van der Waals surface area contributed by atoms with E-state index in [9.17, 15) is 14.9 Å². The lowest BCUT2D eigenvalue weighted by atomic mass is 10.0. The number of nitrogens with one attached hydrogen (secondary N) is 1. The summed E-state index contributed by atoms with van der Waals surface area (Å²) in [6.07, 6.45) is 1.95. The zero-order valence-electron chi connectivity index (χ0n) is 11.0. The van der Waals surface area contributed by atoms with Crippen molar-refractivity contribution in [2.45, 2.75) is 26.7 Å². The third kappa shape index (κ3) is 3.94. The maximum absolute atomic E-state index is 11.1. The van der Waals surface area contributed by atoms with Crippen LogP contribution in [0.3, 0.4) is 0 Å². The molecule has 0 saturated heterocycles. The van der Waals surface area contributed by atoms with Gasteiger partial charge in [0.25, 0.3) is 5.69 Å². The van der Waals surface area contributed by atoms with Gasteiger partial charge >= 0.3 is 5.97 Å². The average molecular weight is 266 g/mol. The highest BCUT2D eigenvalue weighted by Crippen LogP contribution is 2.23. The Morgan fingerprint density at radius 1 is 1.42 bits per heavy atom. The van der Waals surface area contributed by atoms with Gasteiger partial charge in [0.1, 0.15) is 0 Å². The fourth-order valence-electron chi connectivity index (χ4n) is 1.81. The molecule has 0 fully saturated rings. The normalized spacial score (nSPS) is 10.5. The standard InChI is InChI=1S/C13H18N2O4/c1-3-9(4-2)8-14-12-7-10(15(18)19)5-6-11(12)13(16)17/h5-7,9,14H,3-4,8H2,1-2H3,(H,16,17). The first-order chi connectivity index (χ1) is 8.99. The van der Waals surface area contributed by atoms with Crippen LogP contribution < -0.4 is 5.32 Å². The van der Waals surface area contributed by atoms with E-state index in [1.54, 1.807) is 0 Å². The Hall–Kier alpha value is -2.11. The summed E-state index contributed by atoms with van der Waals surface area (Å²) in [4.78, 5) is 21.3. The van der Waals surface area contributed by atoms with Crippen LogP contribution in [-0.2, 0) is 0 Å². The first-order valence-electron chi connectivity index (χ1n) is 6.25. The van der Waals surface area contributed by atoms with Crippen LogP contribution in [0.5, 0.6) is 0 Å². The molecule has 0 radical (unpaired) electrons. The van der Waals surface area contributed by atoms with Crippen molar-refractivity contribution in [3.05, 3.63) is 33.9 Å². The Morgan fingerprint density at radius 3 is 2.53 bits per heavy atom. The van der Waals surface area contributed by atoms with Gasteiger partial charge in [0, 0.05) is 18.7 Å². The second kappa shape index (κ2) is 6.72. The quantitative estimate of drug-likeness (QED) is 0.584. The Morgan fingerprint density at radius 2 is 2.05 bits per heavy atom. The van der Waals surface area contributed by atoms with Gasteiger partial charge in [-0.2, -0.15) is 0 Å². The van der Waals surface area contributed by atoms with Gasteiger partial charge in [-0.05, 0) is 12.0 Å². The van der Waals surface area contributed by atoms with Crippen LogP contribution in [0, 0.1) is 16.0 Å². The van der Waals surface area contributed by atoms with E-state index in [1.807, 2.05) is 0 Å². The monoisotopic (exact) mass is 266 g/mol. The predicted octanol–water partition coefficient (Wildman–Crippen LogP) is 3.14. The van der Waals surface area contributed by atoms with Crippen LogP contribution in [0.25, 0.3) is 0 Å². The highest BCUT2D eigenvalue weighted by atomic mass is 16.6. The molecular weight excluding hydrogens is 248 g/mol. The van der Waals surface area contributed by atoms with E-state index in [1.165, 1.54) is 18.2 Å². The summed E-state index contributed by atoms with van der Waals surface area (Å²) >= 11 is 0. The van der Waals surface area contributed by atoms with Crippen LogP contribution in [0.1, 0.15) is 37.0 Å². The number of carboxylic acid groups (broad SMARTS) is 1. The van der Waals surface area contributed by atoms with Gasteiger partial charge in [-0.3, -0.25) is 10.1 Å². The van der Waals surface area contributed by atoms with Crippen LogP contribution in [0.4, 0.5) is 11.4 Å². The van der Waals surface area contributed by atoms with E-state index >= 15 is 0 Å². The number of nitro benzene ring substituents is 1. The number of hydrogen-bond donors (Lipinski definition) is 2. The Labute approximate surface area is 111 Å². The van der Waals surface area contributed by atoms with Crippen LogP contribution in [0.2, 0.25) is 0 Å². The lowest BCUT2D eigenvalue weighted by Gasteiger charge is -2.15. The summed E-state index contributed by atoms with van der Waals surface area (Å²) in [5.74, 6) is -0.678. The maximum atomic E-state index is 11.1. The van der Waals surface area contributed by atoms with Crippen LogP contribution >= 0.6 is 0 Å². The molecule has 2 N–H and O–H groups in total. The maximum Gasteiger partial charge on any atom is 0.337 e. The van der Waals surface area contributed by atoms with E-state index in [4.69, 9.17) is 5.11 Å². The number of aromatic carboxylic acids is 1. The topological polar surface area (TPSA) is 92.5 Å². The number of hydrogen-bond acceptors (Lipinski definition) is 4. The van der Waals surface area contributed by atoms with E-state index < -0.39 is 10.9 Å². The number of non-ortho nitro benzene ring substituents is 1. The molecule has 0 atom stereocenters. The highest BCUT2D eigenvalue weighted by molar-refractivity contribution is 5.94. The fraction of sp³-hybridized carbons (Fsp3) is 0.462. The molecule has 19 heavy (non-hydrogen) atoms. The lowest BCUT2D eigenvalue weighted by Crippen LogP contribution is -2.15. The summed E-state index contributed by atoms with van der Waals surface area (Å²) in [5, 5.41) is 22.8. The highest BCUT2D eigenvalue weighted by Gasteiger charge is 2.15. The van der Waals surface area contributed by atoms with Crippen molar-refractivity contribution in [2.75, 3.05) is 11.9 Å². The number of benzene rings is 1. The Balaban J connectivity index is 2.97. The molecule has 1 aromatic carbocycles. The molecule has 0 heterocycles. The minimum absolute atomic E-state index is 0.0524. The number of carboxylic acids is 1. The third-order valence-electron chi connectivity index (χ3n) is 3.18. The van der Waals surface area contributed by atoms with Gasteiger partial charge in [0.15, 0.2) is 0 Å². The SMILES string of the molecule is CCC(CC)CNc1cc([N+](=O)[O-])ccc1C(=O)O. The van der Waals surface area contributed by atoms with E-state index in [0.717, 1.165) is 12.8 Å². The first kappa shape index (κ1) is 14.9. The molecule has 0 aliphatic rings. The molecule has 0 unspecified atom stereocenters. The Kier molecular flexibility index (Phi) is 5.29. The lowest BCUT2D eigenvalue weighted by molar-refractivity contribution is -0.384. The van der Waals surface area contributed by atoms with Crippen molar-refractivity contribution < 1.29 is 14.8 Å². The molecule has 0 spiro atoms. The van der Waals surface area contributed by atoms with E-state index in [2.05, 4.69) is 19.2 Å². The summed E-state index contributed by atoms with van der Waals surface area (Å²) in [5.41, 5.74) is 0.238. The molecule has 0 aliphatic carbocycles. The molecule has 104 valence electrons. The van der Waals surface area contributed by atoms with Gasteiger partial charge in [-0.1, -0.05) is 26.7 Å². The molecule has 0 bridgehead atoms. The third-order valence-corrected chi connectivity index (χ3v) is 3.18. The Bertz CT molecular complexity index is 470. The molecule has 0 aliphatic heterocycles. The molecule has 0 aromatic heterocycles. The van der Waals surface area contributed by atoms with Gasteiger partial charge in [0.2, 0.25) is 0 Å². The van der Waals surface area contributed by atoms with Crippen molar-refractivity contribution in [3.8, 4) is 0 Å². The smallest absolute Gasteiger partial charge is 0.337 e. The molecule has 6 nitrogen and oxygen atoms in total. The number of nitrogens with zero attached hydrogens (tertiary/aromatic N) is 1. The molecule has 1 aromatic rings. The number of nitro groups is 1. The van der Waals surface area contributed by atoms with Gasteiger partial charge in [-0.15, -0.1) is 0 Å². The number of carbonyl (C=O) groups is 1. The summed E-state index contributed by atoms with van der Waals surface area (Å²) in [6, 6.07) is 3.73. The van der Waals surface area contributed by atoms with Gasteiger partial charge in [-0.25, -0.2) is 4.79 Å².